The van der Waals surface area contributed by atoms with Gasteiger partial charge in [0.15, 0.2) is 12.6 Å². The molecule has 10 heteroatoms. The molecule has 0 fully saturated rings. The number of thiazole rings is 1. The van der Waals surface area contributed by atoms with Crippen molar-refractivity contribution in [1.82, 2.24) is 0 Å². The summed E-state index contributed by atoms with van der Waals surface area (Å²) in [6.45, 7) is 7.38. The maximum atomic E-state index is 10.4. The zero-order chi connectivity index (χ0) is 20.6. The first-order valence-corrected chi connectivity index (χ1v) is 10.4. The summed E-state index contributed by atoms with van der Waals surface area (Å²) < 4.78 is 49.0. The predicted octanol–water partition coefficient (Wildman–Crippen LogP) is 2.41. The van der Waals surface area contributed by atoms with Crippen molar-refractivity contribution in [3.05, 3.63) is 41.4 Å². The number of anilines is 1. The number of benzene rings is 1. The van der Waals surface area contributed by atoms with Crippen LogP contribution in [0.15, 0.2) is 40.7 Å². The molecule has 0 saturated heterocycles. The number of methoxy groups -OCH3 is 1. The van der Waals surface area contributed by atoms with Gasteiger partial charge in [-0.1, -0.05) is 29.0 Å². The van der Waals surface area contributed by atoms with E-state index in [1.54, 1.807) is 19.2 Å². The van der Waals surface area contributed by atoms with Crippen molar-refractivity contribution in [2.75, 3.05) is 12.8 Å². The van der Waals surface area contributed by atoms with E-state index in [2.05, 4.69) is 0 Å². The highest BCUT2D eigenvalue weighted by Gasteiger charge is 2.18. The highest BCUT2D eigenvalue weighted by atomic mass is 32.2. The van der Waals surface area contributed by atoms with Gasteiger partial charge in [0.05, 0.1) is 4.90 Å². The summed E-state index contributed by atoms with van der Waals surface area (Å²) in [4.78, 5) is -0.178. The fraction of sp³-hybridized carbons (Fsp3) is 0.471. The van der Waals surface area contributed by atoms with Gasteiger partial charge in [-0.2, -0.15) is 4.57 Å². The molecule has 1 aromatic heterocycles. The first-order chi connectivity index (χ1) is 12.5. The second kappa shape index (κ2) is 10.7. The Morgan fingerprint density at radius 1 is 1.11 bits per heavy atom. The van der Waals surface area contributed by atoms with Gasteiger partial charge in [-0.25, -0.2) is 8.42 Å². The first-order valence-electron chi connectivity index (χ1n) is 8.15. The van der Waals surface area contributed by atoms with Crippen molar-refractivity contribution >= 4 is 26.6 Å². The van der Waals surface area contributed by atoms with Crippen LogP contribution in [0.4, 0.5) is 5.13 Å². The average molecular weight is 419 g/mol. The summed E-state index contributed by atoms with van der Waals surface area (Å²) in [6, 6.07) is 5.78. The molecule has 0 saturated carbocycles. The molecule has 0 bridgehead atoms. The fourth-order valence-corrected chi connectivity index (χ4v) is 3.14. The second-order valence-corrected chi connectivity index (χ2v) is 7.96. The number of hydrogen-bond acceptors (Lipinski definition) is 8. The average Bonchev–Trinajstić information content (AvgIpc) is 3.01. The van der Waals surface area contributed by atoms with Crippen molar-refractivity contribution in [2.45, 2.75) is 51.4 Å². The van der Waals surface area contributed by atoms with E-state index in [-0.39, 0.29) is 23.7 Å². The van der Waals surface area contributed by atoms with Crippen LogP contribution in [0.25, 0.3) is 0 Å². The lowest BCUT2D eigenvalue weighted by atomic mass is 10.2. The molecule has 0 spiro atoms. The minimum Gasteiger partial charge on any atom is -0.744 e. The Morgan fingerprint density at radius 2 is 1.70 bits per heavy atom. The highest BCUT2D eigenvalue weighted by Crippen LogP contribution is 2.12. The summed E-state index contributed by atoms with van der Waals surface area (Å²) >= 11 is 1.47. The lowest BCUT2D eigenvalue weighted by Gasteiger charge is -2.20. The number of rotatable bonds is 7. The molecule has 0 aliphatic rings. The van der Waals surface area contributed by atoms with E-state index >= 15 is 0 Å². The van der Waals surface area contributed by atoms with E-state index in [1.807, 2.05) is 43.8 Å². The van der Waals surface area contributed by atoms with Crippen LogP contribution >= 0.6 is 11.3 Å². The van der Waals surface area contributed by atoms with E-state index in [0.717, 1.165) is 5.56 Å². The molecule has 2 aromatic rings. The van der Waals surface area contributed by atoms with Crippen LogP contribution in [0.1, 0.15) is 32.6 Å². The standard InChI is InChI=1S/C10H18N2O3S.C7H8O3S/c1-7(12-5-6-16-10(12)11)14-9(3)15-8(2)13-4;1-6-2-4-7(5-3-6)11(8,9)10/h5-9,11H,1-4H3;2-5H,1H3,(H,8,9,10). The second-order valence-electron chi connectivity index (χ2n) is 5.66. The van der Waals surface area contributed by atoms with Crippen LogP contribution in [0, 0.1) is 6.92 Å². The number of nitrogen functional groups attached to an aromatic ring is 1. The van der Waals surface area contributed by atoms with Gasteiger partial charge >= 0.3 is 5.13 Å². The predicted molar refractivity (Wildman–Crippen MR) is 101 cm³/mol. The largest absolute Gasteiger partial charge is 0.744 e. The maximum absolute atomic E-state index is 10.4. The number of hydrogen-bond donors (Lipinski definition) is 1. The van der Waals surface area contributed by atoms with Crippen molar-refractivity contribution < 1.29 is 31.7 Å². The quantitative estimate of drug-likeness (QED) is 0.417. The first kappa shape index (κ1) is 23.5. The topological polar surface area (TPSA) is 115 Å². The van der Waals surface area contributed by atoms with Gasteiger partial charge < -0.3 is 18.8 Å². The van der Waals surface area contributed by atoms with Crippen LogP contribution in [0.5, 0.6) is 0 Å². The number of aryl methyl sites for hydroxylation is 1. The third-order valence-corrected chi connectivity index (χ3v) is 5.03. The molecule has 1 heterocycles. The SMILES string of the molecule is COC(C)OC(C)OC(C)[n+]1ccsc1N.Cc1ccc(S(=O)(=O)[O-])cc1. The van der Waals surface area contributed by atoms with Crippen LogP contribution in [0.2, 0.25) is 0 Å². The van der Waals surface area contributed by atoms with Crippen molar-refractivity contribution in [3.63, 3.8) is 0 Å². The Morgan fingerprint density at radius 3 is 2.15 bits per heavy atom. The summed E-state index contributed by atoms with van der Waals surface area (Å²) in [5.41, 5.74) is 6.71. The molecule has 27 heavy (non-hydrogen) atoms. The molecule has 0 aliphatic carbocycles. The molecule has 2 N–H and O–H groups in total. The Hall–Kier alpha value is -1.56. The molecule has 8 nitrogen and oxygen atoms in total. The summed E-state index contributed by atoms with van der Waals surface area (Å²) in [6.07, 6.45) is 1.09. The number of ether oxygens (including phenoxy) is 3. The van der Waals surface area contributed by atoms with Crippen molar-refractivity contribution in [2.24, 2.45) is 0 Å². The summed E-state index contributed by atoms with van der Waals surface area (Å²) in [7, 11) is -2.68. The lowest BCUT2D eigenvalue weighted by molar-refractivity contribution is -0.748. The third kappa shape index (κ3) is 8.33. The van der Waals surface area contributed by atoms with E-state index in [4.69, 9.17) is 19.9 Å². The van der Waals surface area contributed by atoms with Crippen LogP contribution < -0.4 is 10.3 Å². The lowest BCUT2D eigenvalue weighted by Crippen LogP contribution is -2.41. The molecule has 3 atom stereocenters. The number of aromatic nitrogens is 1. The Kier molecular flexibility index (Phi) is 9.30. The van der Waals surface area contributed by atoms with Gasteiger partial charge in [-0.15, -0.1) is 0 Å². The van der Waals surface area contributed by atoms with Gasteiger partial charge in [0.25, 0.3) is 0 Å². The molecule has 0 amide bonds. The molecule has 3 unspecified atom stereocenters. The number of nitrogens with zero attached hydrogens (tertiary/aromatic N) is 1. The molecule has 1 aromatic carbocycles. The smallest absolute Gasteiger partial charge is 0.333 e. The fourth-order valence-electron chi connectivity index (χ4n) is 2.01. The Bertz CT molecular complexity index is 792. The van der Waals surface area contributed by atoms with Gasteiger partial charge in [0.1, 0.15) is 16.3 Å². The van der Waals surface area contributed by atoms with E-state index in [0.29, 0.717) is 5.13 Å². The highest BCUT2D eigenvalue weighted by molar-refractivity contribution is 7.85. The van der Waals surface area contributed by atoms with Crippen molar-refractivity contribution in [1.29, 1.82) is 0 Å². The van der Waals surface area contributed by atoms with Gasteiger partial charge in [-0.05, 0) is 32.9 Å². The molecule has 152 valence electrons. The Labute approximate surface area is 164 Å². The monoisotopic (exact) mass is 418 g/mol. The minimum absolute atomic E-state index is 0.162. The zero-order valence-electron chi connectivity index (χ0n) is 16.0. The van der Waals surface area contributed by atoms with Gasteiger partial charge in [0.2, 0.25) is 6.23 Å². The molecule has 2 rings (SSSR count). The van der Waals surface area contributed by atoms with E-state index in [9.17, 15) is 13.0 Å². The molecular weight excluding hydrogens is 392 g/mol. The van der Waals surface area contributed by atoms with Gasteiger partial charge in [-0.3, -0.25) is 5.73 Å². The molecule has 0 radical (unpaired) electrons. The maximum Gasteiger partial charge on any atom is 0.333 e. The van der Waals surface area contributed by atoms with Crippen LogP contribution in [-0.2, 0) is 24.3 Å². The third-order valence-electron chi connectivity index (χ3n) is 3.47. The Balaban J connectivity index is 0.000000289. The van der Waals surface area contributed by atoms with E-state index in [1.165, 1.54) is 23.5 Å². The summed E-state index contributed by atoms with van der Waals surface area (Å²) in [5.74, 6) is 0. The zero-order valence-corrected chi connectivity index (χ0v) is 17.6. The van der Waals surface area contributed by atoms with Crippen LogP contribution in [0.3, 0.4) is 0 Å². The van der Waals surface area contributed by atoms with E-state index < -0.39 is 10.1 Å². The van der Waals surface area contributed by atoms with Gasteiger partial charge in [0, 0.05) is 19.4 Å². The van der Waals surface area contributed by atoms with Crippen LogP contribution in [-0.4, -0.2) is 32.7 Å². The van der Waals surface area contributed by atoms with Crippen molar-refractivity contribution in [3.8, 4) is 0 Å². The number of nitrogens with two attached hydrogens (primary N) is 1. The summed E-state index contributed by atoms with van der Waals surface area (Å²) in [5, 5.41) is 2.62. The molecule has 0 aliphatic heterocycles. The minimum atomic E-state index is -4.27. The normalized spacial score (nSPS) is 14.7. The molecular formula is C17H26N2O6S2.